The number of carbonyl (C=O) groups excluding carboxylic acids is 1. The molecule has 1 amide bonds. The molecule has 23 heavy (non-hydrogen) atoms. The van der Waals surface area contributed by atoms with Crippen LogP contribution in [0.5, 0.6) is 5.88 Å². The van der Waals surface area contributed by atoms with Crippen molar-refractivity contribution in [3.05, 3.63) is 30.0 Å². The molecular weight excluding hydrogens is 298 g/mol. The third-order valence-electron chi connectivity index (χ3n) is 3.05. The summed E-state index contributed by atoms with van der Waals surface area (Å²) in [6.07, 6.45) is 0.995. The van der Waals surface area contributed by atoms with E-state index in [-0.39, 0.29) is 6.61 Å². The Morgan fingerprint density at radius 3 is 2.70 bits per heavy atom. The molecule has 2 aromatic rings. The number of nitrogens with one attached hydrogen (secondary N) is 1. The molecule has 2 heterocycles. The van der Waals surface area contributed by atoms with Gasteiger partial charge in [0, 0.05) is 17.8 Å². The lowest BCUT2D eigenvalue weighted by Gasteiger charge is -2.23. The van der Waals surface area contributed by atoms with Gasteiger partial charge >= 0.3 is 6.09 Å². The van der Waals surface area contributed by atoms with Crippen LogP contribution in [-0.2, 0) is 4.74 Å². The van der Waals surface area contributed by atoms with Crippen molar-refractivity contribution in [2.75, 3.05) is 13.7 Å². The zero-order valence-electron chi connectivity index (χ0n) is 13.7. The topological polar surface area (TPSA) is 93.6 Å². The molecule has 1 atom stereocenters. The highest BCUT2D eigenvalue weighted by molar-refractivity contribution is 5.79. The van der Waals surface area contributed by atoms with Crippen molar-refractivity contribution < 1.29 is 19.4 Å². The van der Waals surface area contributed by atoms with Gasteiger partial charge in [0.15, 0.2) is 0 Å². The van der Waals surface area contributed by atoms with Crippen LogP contribution in [0.1, 0.15) is 32.4 Å². The highest BCUT2D eigenvalue weighted by atomic mass is 16.6. The molecular formula is C16H21N3O4. The summed E-state index contributed by atoms with van der Waals surface area (Å²) in [7, 11) is 1.52. The summed E-state index contributed by atoms with van der Waals surface area (Å²) in [4.78, 5) is 20.5. The van der Waals surface area contributed by atoms with Crippen LogP contribution in [0.4, 0.5) is 4.79 Å². The molecule has 124 valence electrons. The number of hydrogen-bond acceptors (Lipinski definition) is 6. The molecule has 2 N–H and O–H groups in total. The van der Waals surface area contributed by atoms with Gasteiger partial charge in [-0.25, -0.2) is 9.78 Å². The average Bonchev–Trinajstić information content (AvgIpc) is 2.50. The molecule has 0 fully saturated rings. The van der Waals surface area contributed by atoms with Gasteiger partial charge < -0.3 is 19.9 Å². The maximum Gasteiger partial charge on any atom is 0.408 e. The fourth-order valence-electron chi connectivity index (χ4n) is 2.09. The quantitative estimate of drug-likeness (QED) is 0.897. The molecule has 0 radical (unpaired) electrons. The van der Waals surface area contributed by atoms with Gasteiger partial charge in [-0.1, -0.05) is 0 Å². The van der Waals surface area contributed by atoms with Gasteiger partial charge in [-0.3, -0.25) is 4.98 Å². The SMILES string of the molecule is COc1ccc2nccc(C(CO)NC(=O)OC(C)(C)C)c2n1. The summed E-state index contributed by atoms with van der Waals surface area (Å²) < 4.78 is 10.4. The van der Waals surface area contributed by atoms with Crippen LogP contribution in [0.2, 0.25) is 0 Å². The number of aliphatic hydroxyl groups excluding tert-OH is 1. The van der Waals surface area contributed by atoms with Crippen molar-refractivity contribution in [3.63, 3.8) is 0 Å². The molecule has 0 aliphatic rings. The van der Waals surface area contributed by atoms with Gasteiger partial charge in [-0.2, -0.15) is 0 Å². The predicted octanol–water partition coefficient (Wildman–Crippen LogP) is 2.20. The Morgan fingerprint density at radius 1 is 1.35 bits per heavy atom. The van der Waals surface area contributed by atoms with E-state index >= 15 is 0 Å². The highest BCUT2D eigenvalue weighted by Crippen LogP contribution is 2.23. The Balaban J connectivity index is 2.34. The van der Waals surface area contributed by atoms with Gasteiger partial charge in [-0.15, -0.1) is 0 Å². The second kappa shape index (κ2) is 6.78. The molecule has 0 aromatic carbocycles. The van der Waals surface area contributed by atoms with Gasteiger partial charge in [0.05, 0.1) is 30.8 Å². The van der Waals surface area contributed by atoms with E-state index in [2.05, 4.69) is 15.3 Å². The van der Waals surface area contributed by atoms with Crippen LogP contribution in [0.3, 0.4) is 0 Å². The van der Waals surface area contributed by atoms with Crippen molar-refractivity contribution in [1.82, 2.24) is 15.3 Å². The maximum atomic E-state index is 12.0. The van der Waals surface area contributed by atoms with Crippen LogP contribution in [0.15, 0.2) is 24.4 Å². The normalized spacial score (nSPS) is 12.7. The number of fused-ring (bicyclic) bond motifs is 1. The number of methoxy groups -OCH3 is 1. The molecule has 2 rings (SSSR count). The van der Waals surface area contributed by atoms with E-state index in [1.807, 2.05) is 0 Å². The van der Waals surface area contributed by atoms with E-state index in [0.29, 0.717) is 22.5 Å². The van der Waals surface area contributed by atoms with E-state index in [1.54, 1.807) is 45.2 Å². The Hall–Kier alpha value is -2.41. The first-order valence-electron chi connectivity index (χ1n) is 7.24. The van der Waals surface area contributed by atoms with Crippen LogP contribution in [0, 0.1) is 0 Å². The number of hydrogen-bond donors (Lipinski definition) is 2. The van der Waals surface area contributed by atoms with Gasteiger partial charge in [0.1, 0.15) is 5.60 Å². The molecule has 7 heteroatoms. The molecule has 0 saturated heterocycles. The Bertz CT molecular complexity index is 697. The summed E-state index contributed by atoms with van der Waals surface area (Å²) >= 11 is 0. The lowest BCUT2D eigenvalue weighted by molar-refractivity contribution is 0.0482. The minimum atomic E-state index is -0.657. The number of aromatic nitrogens is 2. The van der Waals surface area contributed by atoms with Crippen molar-refractivity contribution in [2.45, 2.75) is 32.4 Å². The lowest BCUT2D eigenvalue weighted by atomic mass is 10.1. The first-order chi connectivity index (χ1) is 10.8. The number of carbonyl (C=O) groups is 1. The van der Waals surface area contributed by atoms with E-state index in [1.165, 1.54) is 7.11 Å². The van der Waals surface area contributed by atoms with Gasteiger partial charge in [0.25, 0.3) is 0 Å². The van der Waals surface area contributed by atoms with Crippen molar-refractivity contribution in [2.24, 2.45) is 0 Å². The molecule has 0 saturated carbocycles. The number of amides is 1. The van der Waals surface area contributed by atoms with Crippen molar-refractivity contribution >= 4 is 17.1 Å². The molecule has 0 bridgehead atoms. The van der Waals surface area contributed by atoms with E-state index < -0.39 is 17.7 Å². The predicted molar refractivity (Wildman–Crippen MR) is 85.3 cm³/mol. The molecule has 0 spiro atoms. The maximum absolute atomic E-state index is 12.0. The summed E-state index contributed by atoms with van der Waals surface area (Å²) in [6, 6.07) is 4.52. The van der Waals surface area contributed by atoms with Crippen LogP contribution >= 0.6 is 0 Å². The fraction of sp³-hybridized carbons (Fsp3) is 0.438. The third kappa shape index (κ3) is 4.29. The van der Waals surface area contributed by atoms with Gasteiger partial charge in [-0.05, 0) is 32.9 Å². The second-order valence-electron chi connectivity index (χ2n) is 6.00. The third-order valence-corrected chi connectivity index (χ3v) is 3.05. The monoisotopic (exact) mass is 319 g/mol. The first kappa shape index (κ1) is 17.0. The fourth-order valence-corrected chi connectivity index (χ4v) is 2.09. The molecule has 2 aromatic heterocycles. The standard InChI is InChI=1S/C16H21N3O4/c1-16(2,3)23-15(21)18-12(9-20)10-7-8-17-11-5-6-13(22-4)19-14(10)11/h5-8,12,20H,9H2,1-4H3,(H,18,21). The Morgan fingerprint density at radius 2 is 2.09 bits per heavy atom. The molecule has 0 aliphatic carbocycles. The van der Waals surface area contributed by atoms with E-state index in [9.17, 15) is 9.90 Å². The van der Waals surface area contributed by atoms with E-state index in [0.717, 1.165) is 0 Å². The van der Waals surface area contributed by atoms with Crippen LogP contribution in [0.25, 0.3) is 11.0 Å². The molecule has 7 nitrogen and oxygen atoms in total. The highest BCUT2D eigenvalue weighted by Gasteiger charge is 2.22. The number of ether oxygens (including phenoxy) is 2. The summed E-state index contributed by atoms with van der Waals surface area (Å²) in [5.74, 6) is 0.431. The van der Waals surface area contributed by atoms with Gasteiger partial charge in [0.2, 0.25) is 5.88 Å². The number of nitrogens with zero attached hydrogens (tertiary/aromatic N) is 2. The van der Waals surface area contributed by atoms with Crippen molar-refractivity contribution in [3.8, 4) is 5.88 Å². The largest absolute Gasteiger partial charge is 0.481 e. The molecule has 0 aliphatic heterocycles. The number of rotatable bonds is 4. The number of alkyl carbamates (subject to hydrolysis) is 1. The summed E-state index contributed by atoms with van der Waals surface area (Å²) in [5.41, 5.74) is 1.23. The smallest absolute Gasteiger partial charge is 0.408 e. The Kier molecular flexibility index (Phi) is 5.00. The zero-order chi connectivity index (χ0) is 17.0. The minimum absolute atomic E-state index is 0.294. The summed E-state index contributed by atoms with van der Waals surface area (Å²) in [5, 5.41) is 12.3. The Labute approximate surface area is 134 Å². The number of pyridine rings is 2. The van der Waals surface area contributed by atoms with Crippen LogP contribution < -0.4 is 10.1 Å². The van der Waals surface area contributed by atoms with E-state index in [4.69, 9.17) is 9.47 Å². The summed E-state index contributed by atoms with van der Waals surface area (Å²) in [6.45, 7) is 5.02. The molecule has 1 unspecified atom stereocenters. The lowest BCUT2D eigenvalue weighted by Crippen LogP contribution is -2.36. The average molecular weight is 319 g/mol. The van der Waals surface area contributed by atoms with Crippen molar-refractivity contribution in [1.29, 1.82) is 0 Å². The zero-order valence-corrected chi connectivity index (χ0v) is 13.7. The minimum Gasteiger partial charge on any atom is -0.481 e. The second-order valence-corrected chi connectivity index (χ2v) is 6.00. The number of aliphatic hydroxyl groups is 1. The first-order valence-corrected chi connectivity index (χ1v) is 7.24. The van der Waals surface area contributed by atoms with Crippen LogP contribution in [-0.4, -0.2) is 40.5 Å².